The topological polar surface area (TPSA) is 29.1 Å². The predicted molar refractivity (Wildman–Crippen MR) is 80.2 cm³/mol. The van der Waals surface area contributed by atoms with Gasteiger partial charge < -0.3 is 5.32 Å². The number of rotatable bonds is 5. The Morgan fingerprint density at radius 3 is 2.61 bits per heavy atom. The first-order valence-electron chi connectivity index (χ1n) is 6.38. The fraction of sp³-hybridized carbons (Fsp3) is 0.533. The fourth-order valence-corrected chi connectivity index (χ4v) is 2.60. The minimum Gasteiger partial charge on any atom is -0.353 e. The zero-order chi connectivity index (χ0) is 13.7. The Morgan fingerprint density at radius 2 is 2.00 bits per heavy atom. The molecule has 0 fully saturated rings. The molecule has 100 valence electrons. The van der Waals surface area contributed by atoms with Gasteiger partial charge in [-0.25, -0.2) is 0 Å². The molecule has 18 heavy (non-hydrogen) atoms. The van der Waals surface area contributed by atoms with Gasteiger partial charge in [0.15, 0.2) is 0 Å². The molecule has 2 unspecified atom stereocenters. The lowest BCUT2D eigenvalue weighted by molar-refractivity contribution is -0.121. The van der Waals surface area contributed by atoms with Gasteiger partial charge in [-0.1, -0.05) is 46.6 Å². The monoisotopic (exact) mass is 311 g/mol. The Morgan fingerprint density at radius 1 is 1.33 bits per heavy atom. The number of amides is 1. The van der Waals surface area contributed by atoms with E-state index < -0.39 is 0 Å². The molecule has 2 atom stereocenters. The van der Waals surface area contributed by atoms with Crippen LogP contribution in [0.1, 0.15) is 37.0 Å². The molecule has 1 amide bonds. The van der Waals surface area contributed by atoms with E-state index in [-0.39, 0.29) is 11.9 Å². The van der Waals surface area contributed by atoms with Crippen LogP contribution in [0.2, 0.25) is 0 Å². The van der Waals surface area contributed by atoms with E-state index in [9.17, 15) is 4.79 Å². The van der Waals surface area contributed by atoms with Crippen molar-refractivity contribution in [3.05, 3.63) is 34.9 Å². The third-order valence-electron chi connectivity index (χ3n) is 2.94. The zero-order valence-corrected chi connectivity index (χ0v) is 13.2. The van der Waals surface area contributed by atoms with E-state index in [0.29, 0.717) is 11.2 Å². The van der Waals surface area contributed by atoms with Gasteiger partial charge in [-0.05, 0) is 38.3 Å². The van der Waals surface area contributed by atoms with Crippen LogP contribution in [0.15, 0.2) is 18.2 Å². The van der Waals surface area contributed by atoms with Gasteiger partial charge in [-0.15, -0.1) is 0 Å². The molecule has 1 N–H and O–H groups in total. The number of aryl methyl sites for hydroxylation is 2. The standard InChI is InChI=1S/C15H22BrNO/c1-10-5-6-11(2)14(7-10)9-15(18)17-13(4)8-12(3)16/h5-7,12-13H,8-9H2,1-4H3,(H,17,18). The van der Waals surface area contributed by atoms with Crippen LogP contribution in [-0.4, -0.2) is 16.8 Å². The SMILES string of the molecule is Cc1ccc(C)c(CC(=O)NC(C)CC(C)Br)c1. The molecule has 0 spiro atoms. The summed E-state index contributed by atoms with van der Waals surface area (Å²) in [7, 11) is 0. The van der Waals surface area contributed by atoms with Gasteiger partial charge in [0.25, 0.3) is 0 Å². The van der Waals surface area contributed by atoms with Crippen molar-refractivity contribution in [3.8, 4) is 0 Å². The van der Waals surface area contributed by atoms with Gasteiger partial charge in [-0.2, -0.15) is 0 Å². The molecule has 0 saturated heterocycles. The Balaban J connectivity index is 2.56. The summed E-state index contributed by atoms with van der Waals surface area (Å²) in [6.45, 7) is 8.23. The minimum atomic E-state index is 0.101. The van der Waals surface area contributed by atoms with Crippen LogP contribution in [0.25, 0.3) is 0 Å². The molecule has 1 aromatic rings. The summed E-state index contributed by atoms with van der Waals surface area (Å²) in [4.78, 5) is 12.4. The number of nitrogens with one attached hydrogen (secondary N) is 1. The molecule has 0 bridgehead atoms. The Labute approximate surface area is 118 Å². The normalized spacial score (nSPS) is 14.1. The number of hydrogen-bond donors (Lipinski definition) is 1. The summed E-state index contributed by atoms with van der Waals surface area (Å²) in [5, 5.41) is 3.04. The number of benzene rings is 1. The molecule has 3 heteroatoms. The molecule has 0 heterocycles. The van der Waals surface area contributed by atoms with E-state index in [4.69, 9.17) is 0 Å². The van der Waals surface area contributed by atoms with Gasteiger partial charge in [0.2, 0.25) is 5.91 Å². The molecule has 2 nitrogen and oxygen atoms in total. The average Bonchev–Trinajstić information content (AvgIpc) is 2.21. The van der Waals surface area contributed by atoms with Crippen molar-refractivity contribution in [1.29, 1.82) is 0 Å². The summed E-state index contributed by atoms with van der Waals surface area (Å²) in [5.41, 5.74) is 3.49. The third-order valence-corrected chi connectivity index (χ3v) is 3.32. The van der Waals surface area contributed by atoms with E-state index in [2.05, 4.69) is 53.3 Å². The maximum Gasteiger partial charge on any atom is 0.224 e. The lowest BCUT2D eigenvalue weighted by Crippen LogP contribution is -2.35. The highest BCUT2D eigenvalue weighted by atomic mass is 79.9. The first-order valence-corrected chi connectivity index (χ1v) is 7.29. The fourth-order valence-electron chi connectivity index (χ4n) is 2.04. The van der Waals surface area contributed by atoms with Gasteiger partial charge in [0, 0.05) is 10.9 Å². The molecular formula is C15H22BrNO. The van der Waals surface area contributed by atoms with Crippen LogP contribution in [0, 0.1) is 13.8 Å². The van der Waals surface area contributed by atoms with Crippen molar-refractivity contribution in [2.75, 3.05) is 0 Å². The van der Waals surface area contributed by atoms with Gasteiger partial charge >= 0.3 is 0 Å². The second-order valence-electron chi connectivity index (χ2n) is 5.09. The highest BCUT2D eigenvalue weighted by molar-refractivity contribution is 9.09. The van der Waals surface area contributed by atoms with Crippen molar-refractivity contribution in [1.82, 2.24) is 5.32 Å². The van der Waals surface area contributed by atoms with Crippen molar-refractivity contribution in [2.24, 2.45) is 0 Å². The number of halogens is 1. The lowest BCUT2D eigenvalue weighted by atomic mass is 10.0. The number of hydrogen-bond acceptors (Lipinski definition) is 1. The van der Waals surface area contributed by atoms with Crippen LogP contribution in [0.4, 0.5) is 0 Å². The molecule has 1 aromatic carbocycles. The van der Waals surface area contributed by atoms with Crippen molar-refractivity contribution in [3.63, 3.8) is 0 Å². The highest BCUT2D eigenvalue weighted by Gasteiger charge is 2.11. The second kappa shape index (κ2) is 6.93. The van der Waals surface area contributed by atoms with Gasteiger partial charge in [-0.3, -0.25) is 4.79 Å². The third kappa shape index (κ3) is 5.21. The molecule has 0 aromatic heterocycles. The maximum absolute atomic E-state index is 11.9. The Hall–Kier alpha value is -0.830. The smallest absolute Gasteiger partial charge is 0.224 e. The molecular weight excluding hydrogens is 290 g/mol. The summed E-state index contributed by atoms with van der Waals surface area (Å²) in [5.74, 6) is 0.101. The first-order chi connectivity index (χ1) is 8.38. The summed E-state index contributed by atoms with van der Waals surface area (Å²) >= 11 is 3.50. The molecule has 1 rings (SSSR count). The predicted octanol–water partition coefficient (Wildman–Crippen LogP) is 3.52. The van der Waals surface area contributed by atoms with E-state index in [1.807, 2.05) is 13.8 Å². The maximum atomic E-state index is 11.9. The summed E-state index contributed by atoms with van der Waals surface area (Å²) in [6.07, 6.45) is 1.41. The zero-order valence-electron chi connectivity index (χ0n) is 11.6. The number of carbonyl (C=O) groups is 1. The first kappa shape index (κ1) is 15.2. The van der Waals surface area contributed by atoms with E-state index in [1.54, 1.807) is 0 Å². The van der Waals surface area contributed by atoms with Crippen molar-refractivity contribution < 1.29 is 4.79 Å². The van der Waals surface area contributed by atoms with Crippen LogP contribution in [0.3, 0.4) is 0 Å². The molecule has 0 aliphatic heterocycles. The second-order valence-corrected chi connectivity index (χ2v) is 6.65. The Bertz CT molecular complexity index is 415. The summed E-state index contributed by atoms with van der Waals surface area (Å²) < 4.78 is 0. The molecule has 0 saturated carbocycles. The van der Waals surface area contributed by atoms with Crippen molar-refractivity contribution in [2.45, 2.75) is 51.4 Å². The Kier molecular flexibility index (Phi) is 5.86. The van der Waals surface area contributed by atoms with E-state index >= 15 is 0 Å². The molecule has 0 aliphatic rings. The van der Waals surface area contributed by atoms with Crippen LogP contribution >= 0.6 is 15.9 Å². The summed E-state index contributed by atoms with van der Waals surface area (Å²) in [6, 6.07) is 6.44. The minimum absolute atomic E-state index is 0.101. The molecule has 0 radical (unpaired) electrons. The quantitative estimate of drug-likeness (QED) is 0.828. The molecule has 0 aliphatic carbocycles. The number of alkyl halides is 1. The van der Waals surface area contributed by atoms with E-state index in [0.717, 1.165) is 12.0 Å². The van der Waals surface area contributed by atoms with Crippen LogP contribution in [-0.2, 0) is 11.2 Å². The van der Waals surface area contributed by atoms with E-state index in [1.165, 1.54) is 11.1 Å². The van der Waals surface area contributed by atoms with Crippen LogP contribution < -0.4 is 5.32 Å². The van der Waals surface area contributed by atoms with Gasteiger partial charge in [0.05, 0.1) is 6.42 Å². The lowest BCUT2D eigenvalue weighted by Gasteiger charge is -2.15. The highest BCUT2D eigenvalue weighted by Crippen LogP contribution is 2.12. The largest absolute Gasteiger partial charge is 0.353 e. The van der Waals surface area contributed by atoms with Crippen LogP contribution in [0.5, 0.6) is 0 Å². The van der Waals surface area contributed by atoms with Crippen molar-refractivity contribution >= 4 is 21.8 Å². The van der Waals surface area contributed by atoms with Gasteiger partial charge in [0.1, 0.15) is 0 Å². The number of carbonyl (C=O) groups excluding carboxylic acids is 1. The average molecular weight is 312 g/mol.